The summed E-state index contributed by atoms with van der Waals surface area (Å²) < 4.78 is 33.5. The Morgan fingerprint density at radius 2 is 1.05 bits per heavy atom. The number of rotatable bonds is 31. The Bertz CT molecular complexity index is 728. The van der Waals surface area contributed by atoms with Crippen LogP contribution in [0.4, 0.5) is 0 Å². The molecule has 0 saturated heterocycles. The number of unbranched alkanes of at least 4 members (excludes halogenated alkanes) is 17. The third kappa shape index (κ3) is 30.8. The predicted octanol–water partition coefficient (Wildman–Crippen LogP) is 7.88. The topological polar surface area (TPSA) is 111 Å². The lowest BCUT2D eigenvalue weighted by Gasteiger charge is -2.28. The van der Waals surface area contributed by atoms with Gasteiger partial charge >= 0.3 is 11.9 Å². The third-order valence-corrected chi connectivity index (χ3v) is 8.34. The standard InChI is InChI=1S/C33H66NO8P/c1-6-8-10-12-14-16-17-18-20-21-23-25-32(35)39-29-31(30-41-43(37,38)40-28-27-34(3,4)5)42-33(36)26-24-22-19-15-13-11-9-7-2/h31H,6-30H2,1-5H3. The summed E-state index contributed by atoms with van der Waals surface area (Å²) in [6.45, 7) is 4.17. The third-order valence-electron chi connectivity index (χ3n) is 7.38. The zero-order chi connectivity index (χ0) is 32.2. The van der Waals surface area contributed by atoms with Crippen LogP contribution in [0.1, 0.15) is 149 Å². The highest BCUT2D eigenvalue weighted by molar-refractivity contribution is 7.45. The molecule has 0 fully saturated rings. The van der Waals surface area contributed by atoms with E-state index in [0.29, 0.717) is 17.4 Å². The Labute approximate surface area is 264 Å². The molecule has 2 atom stereocenters. The van der Waals surface area contributed by atoms with Crippen LogP contribution in [0.15, 0.2) is 0 Å². The van der Waals surface area contributed by atoms with Gasteiger partial charge in [-0.05, 0) is 12.8 Å². The molecule has 0 heterocycles. The Balaban J connectivity index is 4.46. The molecule has 0 spiro atoms. The molecule has 256 valence electrons. The van der Waals surface area contributed by atoms with Crippen LogP contribution in [0.2, 0.25) is 0 Å². The van der Waals surface area contributed by atoms with E-state index < -0.39 is 26.5 Å². The van der Waals surface area contributed by atoms with E-state index in [1.807, 2.05) is 21.1 Å². The molecular formula is C33H66NO8P. The number of ether oxygens (including phenoxy) is 2. The first-order valence-corrected chi connectivity index (χ1v) is 18.7. The van der Waals surface area contributed by atoms with Gasteiger partial charge in [-0.1, -0.05) is 123 Å². The molecule has 0 radical (unpaired) electrons. The maximum Gasteiger partial charge on any atom is 0.306 e. The van der Waals surface area contributed by atoms with Crippen LogP contribution >= 0.6 is 7.82 Å². The van der Waals surface area contributed by atoms with E-state index >= 15 is 0 Å². The highest BCUT2D eigenvalue weighted by Crippen LogP contribution is 2.38. The highest BCUT2D eigenvalue weighted by atomic mass is 31.2. The van der Waals surface area contributed by atoms with Crippen LogP contribution < -0.4 is 4.89 Å². The summed E-state index contributed by atoms with van der Waals surface area (Å²) in [4.78, 5) is 37.0. The van der Waals surface area contributed by atoms with Gasteiger partial charge in [0.2, 0.25) is 0 Å². The predicted molar refractivity (Wildman–Crippen MR) is 172 cm³/mol. The number of esters is 2. The second-order valence-corrected chi connectivity index (χ2v) is 14.3. The average molecular weight is 636 g/mol. The van der Waals surface area contributed by atoms with Crippen molar-refractivity contribution in [2.75, 3.05) is 47.5 Å². The van der Waals surface area contributed by atoms with Crippen molar-refractivity contribution in [1.29, 1.82) is 0 Å². The zero-order valence-electron chi connectivity index (χ0n) is 28.4. The van der Waals surface area contributed by atoms with E-state index in [-0.39, 0.29) is 32.0 Å². The summed E-state index contributed by atoms with van der Waals surface area (Å²) in [7, 11) is 1.17. The number of hydrogen-bond acceptors (Lipinski definition) is 8. The molecule has 0 N–H and O–H groups in total. The maximum absolute atomic E-state index is 12.5. The number of phosphoric ester groups is 1. The molecule has 43 heavy (non-hydrogen) atoms. The summed E-state index contributed by atoms with van der Waals surface area (Å²) in [6, 6.07) is 0. The molecule has 0 aromatic rings. The van der Waals surface area contributed by atoms with Crippen molar-refractivity contribution in [3.63, 3.8) is 0 Å². The zero-order valence-corrected chi connectivity index (χ0v) is 29.3. The van der Waals surface area contributed by atoms with Crippen LogP contribution in [0.5, 0.6) is 0 Å². The van der Waals surface area contributed by atoms with Gasteiger partial charge in [-0.3, -0.25) is 14.2 Å². The van der Waals surface area contributed by atoms with Gasteiger partial charge < -0.3 is 27.9 Å². The molecule has 9 nitrogen and oxygen atoms in total. The molecule has 0 aromatic heterocycles. The van der Waals surface area contributed by atoms with E-state index in [1.54, 1.807) is 0 Å². The lowest BCUT2D eigenvalue weighted by Crippen LogP contribution is -2.37. The van der Waals surface area contributed by atoms with Crippen molar-refractivity contribution in [2.24, 2.45) is 0 Å². The first-order valence-electron chi connectivity index (χ1n) is 17.2. The maximum atomic E-state index is 12.5. The lowest BCUT2D eigenvalue weighted by atomic mass is 10.1. The number of phosphoric acid groups is 1. The SMILES string of the molecule is CCCCCCCCCCCCCC(=O)OCC(COP(=O)([O-])OCC[N+](C)(C)C)OC(=O)CCCCCCCCCC. The largest absolute Gasteiger partial charge is 0.756 e. The minimum atomic E-state index is -4.60. The molecule has 0 bridgehead atoms. The van der Waals surface area contributed by atoms with Crippen molar-refractivity contribution in [3.05, 3.63) is 0 Å². The van der Waals surface area contributed by atoms with Gasteiger partial charge in [0.1, 0.15) is 19.8 Å². The molecule has 0 saturated carbocycles. The summed E-state index contributed by atoms with van der Waals surface area (Å²) in [5.41, 5.74) is 0. The van der Waals surface area contributed by atoms with Crippen LogP contribution in [0.25, 0.3) is 0 Å². The Hall–Kier alpha value is -0.990. The molecule has 0 rings (SSSR count). The van der Waals surface area contributed by atoms with Gasteiger partial charge in [0.15, 0.2) is 6.10 Å². The van der Waals surface area contributed by atoms with Crippen molar-refractivity contribution in [1.82, 2.24) is 0 Å². The first kappa shape index (κ1) is 42.0. The number of hydrogen-bond donors (Lipinski definition) is 0. The van der Waals surface area contributed by atoms with Crippen LogP contribution in [-0.2, 0) is 32.7 Å². The van der Waals surface area contributed by atoms with Crippen LogP contribution in [-0.4, -0.2) is 70.0 Å². The molecule has 10 heteroatoms. The fourth-order valence-electron chi connectivity index (χ4n) is 4.59. The minimum absolute atomic E-state index is 0.0267. The molecular weight excluding hydrogens is 569 g/mol. The molecule has 0 aliphatic rings. The summed E-state index contributed by atoms with van der Waals surface area (Å²) in [5, 5.41) is 0. The normalized spacial score (nSPS) is 13.9. The van der Waals surface area contributed by atoms with E-state index in [4.69, 9.17) is 18.5 Å². The van der Waals surface area contributed by atoms with Gasteiger partial charge in [-0.15, -0.1) is 0 Å². The monoisotopic (exact) mass is 635 g/mol. The average Bonchev–Trinajstić information content (AvgIpc) is 2.93. The van der Waals surface area contributed by atoms with Gasteiger partial charge in [0, 0.05) is 12.8 Å². The Morgan fingerprint density at radius 1 is 0.628 bits per heavy atom. The van der Waals surface area contributed by atoms with Crippen LogP contribution in [0, 0.1) is 0 Å². The summed E-state index contributed by atoms with van der Waals surface area (Å²) in [6.07, 6.45) is 21.4. The molecule has 0 aromatic carbocycles. The van der Waals surface area contributed by atoms with Crippen molar-refractivity contribution < 1.29 is 42.1 Å². The minimum Gasteiger partial charge on any atom is -0.756 e. The highest BCUT2D eigenvalue weighted by Gasteiger charge is 2.21. The Morgan fingerprint density at radius 3 is 1.49 bits per heavy atom. The second kappa shape index (κ2) is 27.3. The number of quaternary nitrogens is 1. The van der Waals surface area contributed by atoms with Gasteiger partial charge in [0.05, 0.1) is 27.7 Å². The molecule has 0 aliphatic heterocycles. The first-order chi connectivity index (χ1) is 20.5. The fourth-order valence-corrected chi connectivity index (χ4v) is 5.32. The summed E-state index contributed by atoms with van der Waals surface area (Å²) in [5.74, 6) is -0.836. The van der Waals surface area contributed by atoms with Crippen molar-refractivity contribution in [3.8, 4) is 0 Å². The smallest absolute Gasteiger partial charge is 0.306 e. The Kier molecular flexibility index (Phi) is 26.7. The molecule has 0 aliphatic carbocycles. The van der Waals surface area contributed by atoms with Crippen LogP contribution in [0.3, 0.4) is 0 Å². The van der Waals surface area contributed by atoms with Gasteiger partial charge in [-0.25, -0.2) is 0 Å². The van der Waals surface area contributed by atoms with Crippen molar-refractivity contribution in [2.45, 2.75) is 155 Å². The molecule has 2 unspecified atom stereocenters. The van der Waals surface area contributed by atoms with E-state index in [1.165, 1.54) is 77.0 Å². The van der Waals surface area contributed by atoms with Crippen molar-refractivity contribution >= 4 is 19.8 Å². The number of carbonyl (C=O) groups excluding carboxylic acids is 2. The van der Waals surface area contributed by atoms with Gasteiger partial charge in [0.25, 0.3) is 7.82 Å². The number of nitrogens with zero attached hydrogens (tertiary/aromatic N) is 1. The van der Waals surface area contributed by atoms with E-state index in [9.17, 15) is 19.0 Å². The second-order valence-electron chi connectivity index (χ2n) is 12.9. The quantitative estimate of drug-likeness (QED) is 0.0327. The number of likely N-dealkylation sites (N-methyl/N-ethyl adjacent to an activating group) is 1. The number of carbonyl (C=O) groups is 2. The summed E-state index contributed by atoms with van der Waals surface area (Å²) >= 11 is 0. The van der Waals surface area contributed by atoms with E-state index in [0.717, 1.165) is 38.5 Å². The fraction of sp³-hybridized carbons (Fsp3) is 0.939. The lowest BCUT2D eigenvalue weighted by molar-refractivity contribution is -0.870. The molecule has 0 amide bonds. The van der Waals surface area contributed by atoms with E-state index in [2.05, 4.69) is 13.8 Å². The van der Waals surface area contributed by atoms with Gasteiger partial charge in [-0.2, -0.15) is 0 Å².